The summed E-state index contributed by atoms with van der Waals surface area (Å²) in [5.74, 6) is 0. The fraction of sp³-hybridized carbons (Fsp3) is 0.214. The van der Waals surface area contributed by atoms with Gasteiger partial charge in [-0.15, -0.1) is 0 Å². The van der Waals surface area contributed by atoms with Gasteiger partial charge in [-0.1, -0.05) is 18.2 Å². The van der Waals surface area contributed by atoms with Crippen LogP contribution in [0.15, 0.2) is 42.7 Å². The van der Waals surface area contributed by atoms with Gasteiger partial charge in [-0.3, -0.25) is 4.68 Å². The Balaban J connectivity index is 2.08. The minimum atomic E-state index is 0.882. The predicted molar refractivity (Wildman–Crippen MR) is 69.0 cm³/mol. The molecule has 1 aromatic carbocycles. The smallest absolute Gasteiger partial charge is 0.0539 e. The Bertz CT molecular complexity index is 661. The molecule has 0 aliphatic carbocycles. The highest BCUT2D eigenvalue weighted by molar-refractivity contribution is 5.81. The number of para-hydroxylation sites is 1. The minimum Gasteiger partial charge on any atom is -0.340 e. The zero-order valence-electron chi connectivity index (χ0n) is 10.1. The summed E-state index contributed by atoms with van der Waals surface area (Å²) in [7, 11) is 1.95. The van der Waals surface area contributed by atoms with Gasteiger partial charge in [-0.25, -0.2) is 0 Å². The molecule has 2 aromatic heterocycles. The van der Waals surface area contributed by atoms with E-state index in [1.54, 1.807) is 0 Å². The summed E-state index contributed by atoms with van der Waals surface area (Å²) in [5.41, 5.74) is 3.81. The number of nitrogens with zero attached hydrogens (tertiary/aromatic N) is 3. The van der Waals surface area contributed by atoms with Crippen molar-refractivity contribution in [3.8, 4) is 0 Å². The van der Waals surface area contributed by atoms with E-state index in [0.29, 0.717) is 0 Å². The lowest BCUT2D eigenvalue weighted by molar-refractivity contribution is 0.763. The first kappa shape index (κ1) is 10.1. The second-order valence-corrected chi connectivity index (χ2v) is 4.45. The third kappa shape index (κ3) is 1.73. The molecule has 0 aliphatic rings. The van der Waals surface area contributed by atoms with Crippen molar-refractivity contribution in [3.05, 3.63) is 54.0 Å². The molecule has 3 aromatic rings. The van der Waals surface area contributed by atoms with Crippen molar-refractivity contribution in [1.82, 2.24) is 14.3 Å². The maximum atomic E-state index is 4.21. The van der Waals surface area contributed by atoms with Crippen LogP contribution in [0.25, 0.3) is 10.9 Å². The molecule has 0 fully saturated rings. The van der Waals surface area contributed by atoms with Crippen LogP contribution in [0.1, 0.15) is 11.3 Å². The monoisotopic (exact) mass is 225 g/mol. The van der Waals surface area contributed by atoms with Gasteiger partial charge in [0, 0.05) is 30.0 Å². The van der Waals surface area contributed by atoms with Crippen LogP contribution in [0.3, 0.4) is 0 Å². The lowest BCUT2D eigenvalue weighted by Gasteiger charge is -2.06. The first-order valence-electron chi connectivity index (χ1n) is 5.76. The standard InChI is InChI=1S/C14H15N3/c1-11-7-13-5-3-4-6-14(13)17(11)10-12-8-15-16(2)9-12/h3-9H,10H2,1-2H3. The van der Waals surface area contributed by atoms with Gasteiger partial charge in [0.1, 0.15) is 0 Å². The SMILES string of the molecule is Cc1cc2ccccc2n1Cc1cnn(C)c1. The first-order valence-corrected chi connectivity index (χ1v) is 5.76. The largest absolute Gasteiger partial charge is 0.340 e. The molecule has 86 valence electrons. The summed E-state index contributed by atoms with van der Waals surface area (Å²) in [6.45, 7) is 3.03. The lowest BCUT2D eigenvalue weighted by atomic mass is 10.2. The zero-order valence-corrected chi connectivity index (χ0v) is 10.1. The number of hydrogen-bond acceptors (Lipinski definition) is 1. The molecule has 0 unspecified atom stereocenters. The Morgan fingerprint density at radius 3 is 2.82 bits per heavy atom. The zero-order chi connectivity index (χ0) is 11.8. The number of rotatable bonds is 2. The average Bonchev–Trinajstić information content (AvgIpc) is 2.85. The van der Waals surface area contributed by atoms with E-state index in [-0.39, 0.29) is 0 Å². The van der Waals surface area contributed by atoms with Gasteiger partial charge < -0.3 is 4.57 Å². The Labute approximate surface area is 100 Å². The number of fused-ring (bicyclic) bond motifs is 1. The van der Waals surface area contributed by atoms with E-state index in [1.165, 1.54) is 22.2 Å². The fourth-order valence-corrected chi connectivity index (χ4v) is 2.29. The predicted octanol–water partition coefficient (Wildman–Crippen LogP) is 2.73. The quantitative estimate of drug-likeness (QED) is 0.657. The van der Waals surface area contributed by atoms with E-state index in [2.05, 4.69) is 53.1 Å². The van der Waals surface area contributed by atoms with Crippen LogP contribution in [0, 0.1) is 6.92 Å². The minimum absolute atomic E-state index is 0.882. The van der Waals surface area contributed by atoms with Crippen LogP contribution < -0.4 is 0 Å². The molecule has 3 heteroatoms. The number of aryl methyl sites for hydroxylation is 2. The Kier molecular flexibility index (Phi) is 2.25. The van der Waals surface area contributed by atoms with Gasteiger partial charge in [-0.2, -0.15) is 5.10 Å². The molecule has 0 saturated heterocycles. The maximum absolute atomic E-state index is 4.21. The summed E-state index contributed by atoms with van der Waals surface area (Å²) in [6, 6.07) is 10.7. The summed E-state index contributed by atoms with van der Waals surface area (Å²) in [4.78, 5) is 0. The highest BCUT2D eigenvalue weighted by Crippen LogP contribution is 2.20. The maximum Gasteiger partial charge on any atom is 0.0539 e. The Morgan fingerprint density at radius 1 is 1.24 bits per heavy atom. The third-order valence-corrected chi connectivity index (χ3v) is 3.12. The van der Waals surface area contributed by atoms with Crippen molar-refractivity contribution in [2.24, 2.45) is 7.05 Å². The summed E-state index contributed by atoms with van der Waals surface area (Å²) < 4.78 is 4.17. The summed E-state index contributed by atoms with van der Waals surface area (Å²) in [6.07, 6.45) is 3.99. The van der Waals surface area contributed by atoms with Gasteiger partial charge in [0.15, 0.2) is 0 Å². The van der Waals surface area contributed by atoms with Gasteiger partial charge in [0.05, 0.1) is 12.7 Å². The second kappa shape index (κ2) is 3.77. The molecule has 3 nitrogen and oxygen atoms in total. The van der Waals surface area contributed by atoms with E-state index in [1.807, 2.05) is 17.9 Å². The molecule has 0 saturated carbocycles. The van der Waals surface area contributed by atoms with Gasteiger partial charge >= 0.3 is 0 Å². The van der Waals surface area contributed by atoms with Crippen LogP contribution in [-0.2, 0) is 13.6 Å². The fourth-order valence-electron chi connectivity index (χ4n) is 2.29. The molecule has 2 heterocycles. The van der Waals surface area contributed by atoms with Crippen molar-refractivity contribution in [1.29, 1.82) is 0 Å². The molecule has 3 rings (SSSR count). The normalized spacial score (nSPS) is 11.2. The van der Waals surface area contributed by atoms with Gasteiger partial charge in [-0.05, 0) is 24.4 Å². The van der Waals surface area contributed by atoms with Crippen molar-refractivity contribution in [2.75, 3.05) is 0 Å². The molecular formula is C14H15N3. The first-order chi connectivity index (χ1) is 8.24. The lowest BCUT2D eigenvalue weighted by Crippen LogP contribution is -2.00. The van der Waals surface area contributed by atoms with Crippen LogP contribution in [-0.4, -0.2) is 14.3 Å². The summed E-state index contributed by atoms with van der Waals surface area (Å²) in [5, 5.41) is 5.51. The van der Waals surface area contributed by atoms with Crippen molar-refractivity contribution in [2.45, 2.75) is 13.5 Å². The topological polar surface area (TPSA) is 22.8 Å². The molecule has 0 radical (unpaired) electrons. The van der Waals surface area contributed by atoms with Gasteiger partial charge in [0.25, 0.3) is 0 Å². The average molecular weight is 225 g/mol. The van der Waals surface area contributed by atoms with Crippen molar-refractivity contribution < 1.29 is 0 Å². The van der Waals surface area contributed by atoms with E-state index in [9.17, 15) is 0 Å². The molecule has 0 amide bonds. The second-order valence-electron chi connectivity index (χ2n) is 4.45. The van der Waals surface area contributed by atoms with E-state index < -0.39 is 0 Å². The van der Waals surface area contributed by atoms with Crippen LogP contribution in [0.5, 0.6) is 0 Å². The summed E-state index contributed by atoms with van der Waals surface area (Å²) >= 11 is 0. The molecule has 0 bridgehead atoms. The molecule has 0 N–H and O–H groups in total. The van der Waals surface area contributed by atoms with Crippen molar-refractivity contribution in [3.63, 3.8) is 0 Å². The van der Waals surface area contributed by atoms with E-state index in [4.69, 9.17) is 0 Å². The van der Waals surface area contributed by atoms with Crippen molar-refractivity contribution >= 4 is 10.9 Å². The molecule has 0 aliphatic heterocycles. The molecule has 0 spiro atoms. The highest BCUT2D eigenvalue weighted by Gasteiger charge is 2.06. The van der Waals surface area contributed by atoms with E-state index >= 15 is 0 Å². The Hall–Kier alpha value is -2.03. The van der Waals surface area contributed by atoms with Crippen LogP contribution in [0.2, 0.25) is 0 Å². The number of hydrogen-bond donors (Lipinski definition) is 0. The molecule has 0 atom stereocenters. The third-order valence-electron chi connectivity index (χ3n) is 3.12. The molecule has 17 heavy (non-hydrogen) atoms. The van der Waals surface area contributed by atoms with Gasteiger partial charge in [0.2, 0.25) is 0 Å². The van der Waals surface area contributed by atoms with Crippen LogP contribution >= 0.6 is 0 Å². The number of aromatic nitrogens is 3. The van der Waals surface area contributed by atoms with E-state index in [0.717, 1.165) is 6.54 Å². The van der Waals surface area contributed by atoms with Crippen LogP contribution in [0.4, 0.5) is 0 Å². The number of benzene rings is 1. The Morgan fingerprint density at radius 2 is 2.06 bits per heavy atom. The highest BCUT2D eigenvalue weighted by atomic mass is 15.2. The molecular weight excluding hydrogens is 210 g/mol.